The van der Waals surface area contributed by atoms with E-state index in [1.54, 1.807) is 6.92 Å². The maximum Gasteiger partial charge on any atom is 0.231 e. The summed E-state index contributed by atoms with van der Waals surface area (Å²) in [5.41, 5.74) is 1.25. The standard InChI is InChI=1S/C10H17NO2/c1-8(11(12)13)9-5-4-6-10(2,3)7-9/h5,8H,4,6-7H2,1-3H3/t8-/m0/s1. The van der Waals surface area contributed by atoms with Crippen molar-refractivity contribution in [3.63, 3.8) is 0 Å². The fourth-order valence-electron chi connectivity index (χ4n) is 1.82. The molecule has 1 atom stereocenters. The maximum absolute atomic E-state index is 10.6. The average molecular weight is 183 g/mol. The largest absolute Gasteiger partial charge is 0.264 e. The van der Waals surface area contributed by atoms with Gasteiger partial charge in [-0.1, -0.05) is 19.9 Å². The zero-order valence-electron chi connectivity index (χ0n) is 8.54. The summed E-state index contributed by atoms with van der Waals surface area (Å²) >= 11 is 0. The quantitative estimate of drug-likeness (QED) is 0.375. The van der Waals surface area contributed by atoms with Gasteiger partial charge in [-0.2, -0.15) is 0 Å². The second-order valence-electron chi connectivity index (χ2n) is 4.62. The van der Waals surface area contributed by atoms with E-state index in [2.05, 4.69) is 13.8 Å². The summed E-state index contributed by atoms with van der Waals surface area (Å²) in [5, 5.41) is 10.6. The van der Waals surface area contributed by atoms with Crippen LogP contribution in [0.3, 0.4) is 0 Å². The van der Waals surface area contributed by atoms with Crippen LogP contribution in [0.4, 0.5) is 0 Å². The van der Waals surface area contributed by atoms with Gasteiger partial charge in [-0.15, -0.1) is 0 Å². The van der Waals surface area contributed by atoms with Gasteiger partial charge >= 0.3 is 0 Å². The zero-order valence-corrected chi connectivity index (χ0v) is 8.54. The third-order valence-corrected chi connectivity index (χ3v) is 2.76. The van der Waals surface area contributed by atoms with Crippen molar-refractivity contribution in [2.45, 2.75) is 46.1 Å². The highest BCUT2D eigenvalue weighted by Crippen LogP contribution is 2.36. The van der Waals surface area contributed by atoms with Gasteiger partial charge in [0.1, 0.15) is 0 Å². The first-order chi connectivity index (χ1) is 5.92. The van der Waals surface area contributed by atoms with Crippen molar-refractivity contribution in [2.24, 2.45) is 5.41 Å². The van der Waals surface area contributed by atoms with Crippen LogP contribution in [-0.4, -0.2) is 11.0 Å². The maximum atomic E-state index is 10.6. The van der Waals surface area contributed by atoms with E-state index in [1.165, 1.54) is 0 Å². The summed E-state index contributed by atoms with van der Waals surface area (Å²) in [4.78, 5) is 10.4. The van der Waals surface area contributed by atoms with Gasteiger partial charge in [0.25, 0.3) is 0 Å². The fraction of sp³-hybridized carbons (Fsp3) is 0.800. The Balaban J connectivity index is 2.71. The van der Waals surface area contributed by atoms with Crippen LogP contribution in [0.25, 0.3) is 0 Å². The van der Waals surface area contributed by atoms with Crippen LogP contribution in [0.2, 0.25) is 0 Å². The lowest BCUT2D eigenvalue weighted by Crippen LogP contribution is -2.25. The molecular weight excluding hydrogens is 166 g/mol. The van der Waals surface area contributed by atoms with E-state index < -0.39 is 6.04 Å². The number of nitro groups is 1. The van der Waals surface area contributed by atoms with Crippen molar-refractivity contribution < 1.29 is 4.92 Å². The molecule has 0 bridgehead atoms. The first-order valence-corrected chi connectivity index (χ1v) is 4.75. The van der Waals surface area contributed by atoms with Gasteiger partial charge in [-0.3, -0.25) is 10.1 Å². The normalized spacial score (nSPS) is 23.5. The first kappa shape index (κ1) is 10.2. The molecule has 1 aliphatic carbocycles. The van der Waals surface area contributed by atoms with Gasteiger partial charge in [-0.05, 0) is 30.3 Å². The molecule has 3 nitrogen and oxygen atoms in total. The van der Waals surface area contributed by atoms with E-state index in [9.17, 15) is 10.1 Å². The predicted molar refractivity (Wildman–Crippen MR) is 52.2 cm³/mol. The van der Waals surface area contributed by atoms with Crippen LogP contribution < -0.4 is 0 Å². The van der Waals surface area contributed by atoms with Gasteiger partial charge in [0.05, 0.1) is 0 Å². The lowest BCUT2D eigenvalue weighted by atomic mass is 9.76. The van der Waals surface area contributed by atoms with Crippen molar-refractivity contribution >= 4 is 0 Å². The minimum Gasteiger partial charge on any atom is -0.264 e. The van der Waals surface area contributed by atoms with Crippen molar-refractivity contribution in [1.29, 1.82) is 0 Å². The molecule has 3 heteroatoms. The van der Waals surface area contributed by atoms with Crippen LogP contribution in [0.1, 0.15) is 40.0 Å². The molecule has 0 saturated heterocycles. The van der Waals surface area contributed by atoms with Crippen molar-refractivity contribution in [2.75, 3.05) is 0 Å². The number of hydrogen-bond donors (Lipinski definition) is 0. The lowest BCUT2D eigenvalue weighted by molar-refractivity contribution is -0.508. The van der Waals surface area contributed by atoms with Crippen molar-refractivity contribution in [1.82, 2.24) is 0 Å². The van der Waals surface area contributed by atoms with E-state index in [0.717, 1.165) is 24.8 Å². The minimum atomic E-state index is -0.500. The summed E-state index contributed by atoms with van der Waals surface area (Å²) in [7, 11) is 0. The second-order valence-corrected chi connectivity index (χ2v) is 4.62. The molecule has 0 unspecified atom stereocenters. The zero-order chi connectivity index (χ0) is 10.1. The molecule has 0 spiro atoms. The van der Waals surface area contributed by atoms with E-state index in [0.29, 0.717) is 0 Å². The molecule has 0 aromatic heterocycles. The Hall–Kier alpha value is -0.860. The molecular formula is C10H17NO2. The molecule has 0 fully saturated rings. The van der Waals surface area contributed by atoms with Gasteiger partial charge in [0.15, 0.2) is 0 Å². The second kappa shape index (κ2) is 3.48. The van der Waals surface area contributed by atoms with Crippen LogP contribution in [0.5, 0.6) is 0 Å². The summed E-state index contributed by atoms with van der Waals surface area (Å²) in [5.74, 6) is 0. The first-order valence-electron chi connectivity index (χ1n) is 4.75. The van der Waals surface area contributed by atoms with Crippen molar-refractivity contribution in [3.8, 4) is 0 Å². The van der Waals surface area contributed by atoms with E-state index in [1.807, 2.05) is 6.08 Å². The summed E-state index contributed by atoms with van der Waals surface area (Å²) < 4.78 is 0. The van der Waals surface area contributed by atoms with Crippen LogP contribution in [-0.2, 0) is 0 Å². The van der Waals surface area contributed by atoms with Gasteiger partial charge in [-0.25, -0.2) is 0 Å². The molecule has 1 rings (SSSR count). The summed E-state index contributed by atoms with van der Waals surface area (Å²) in [6.07, 6.45) is 5.04. The Morgan fingerprint density at radius 2 is 2.23 bits per heavy atom. The fourth-order valence-corrected chi connectivity index (χ4v) is 1.82. The number of hydrogen-bond acceptors (Lipinski definition) is 2. The van der Waals surface area contributed by atoms with Gasteiger partial charge in [0.2, 0.25) is 6.04 Å². The highest BCUT2D eigenvalue weighted by Gasteiger charge is 2.29. The Morgan fingerprint density at radius 3 is 2.69 bits per heavy atom. The average Bonchev–Trinajstić information content (AvgIpc) is 2.01. The van der Waals surface area contributed by atoms with Crippen molar-refractivity contribution in [3.05, 3.63) is 21.8 Å². The molecule has 1 aliphatic rings. The molecule has 0 saturated carbocycles. The molecule has 0 radical (unpaired) electrons. The molecule has 0 aromatic rings. The lowest BCUT2D eigenvalue weighted by Gasteiger charge is -2.29. The van der Waals surface area contributed by atoms with Crippen LogP contribution >= 0.6 is 0 Å². The minimum absolute atomic E-state index is 0.201. The van der Waals surface area contributed by atoms with E-state index >= 15 is 0 Å². The summed E-state index contributed by atoms with van der Waals surface area (Å²) in [6.45, 7) is 6.02. The molecule has 13 heavy (non-hydrogen) atoms. The number of allylic oxidation sites excluding steroid dienone is 1. The molecule has 0 aromatic carbocycles. The van der Waals surface area contributed by atoms with Gasteiger partial charge < -0.3 is 0 Å². The Kier molecular flexibility index (Phi) is 2.74. The summed E-state index contributed by atoms with van der Waals surface area (Å²) in [6, 6.07) is -0.500. The Labute approximate surface area is 79.0 Å². The molecule has 0 amide bonds. The van der Waals surface area contributed by atoms with Crippen LogP contribution in [0, 0.1) is 15.5 Å². The van der Waals surface area contributed by atoms with E-state index in [4.69, 9.17) is 0 Å². The topological polar surface area (TPSA) is 43.1 Å². The highest BCUT2D eigenvalue weighted by atomic mass is 16.6. The molecule has 74 valence electrons. The monoisotopic (exact) mass is 183 g/mol. The SMILES string of the molecule is C[C@@H](C1=CCCC(C)(C)C1)[N+](=O)[O-]. The smallest absolute Gasteiger partial charge is 0.231 e. The third-order valence-electron chi connectivity index (χ3n) is 2.76. The Morgan fingerprint density at radius 1 is 1.62 bits per heavy atom. The number of rotatable bonds is 2. The molecule has 0 N–H and O–H groups in total. The van der Waals surface area contributed by atoms with E-state index in [-0.39, 0.29) is 10.3 Å². The molecule has 0 heterocycles. The van der Waals surface area contributed by atoms with Crippen LogP contribution in [0.15, 0.2) is 11.6 Å². The number of nitrogens with zero attached hydrogens (tertiary/aromatic N) is 1. The highest BCUT2D eigenvalue weighted by molar-refractivity contribution is 5.12. The Bertz CT molecular complexity index is 243. The third kappa shape index (κ3) is 2.54. The predicted octanol–water partition coefficient (Wildman–Crippen LogP) is 2.79. The molecule has 0 aliphatic heterocycles. The van der Waals surface area contributed by atoms with Gasteiger partial charge in [0, 0.05) is 11.8 Å².